The van der Waals surface area contributed by atoms with Crippen LogP contribution in [0.2, 0.25) is 0 Å². The highest BCUT2D eigenvalue weighted by Gasteiger charge is 2.30. The monoisotopic (exact) mass is 746 g/mol. The minimum Gasteiger partial charge on any atom is -0.465 e. The summed E-state index contributed by atoms with van der Waals surface area (Å²) in [7, 11) is 3.17. The van der Waals surface area contributed by atoms with Gasteiger partial charge in [0.05, 0.1) is 106 Å². The van der Waals surface area contributed by atoms with Crippen LogP contribution in [-0.4, -0.2) is 144 Å². The van der Waals surface area contributed by atoms with Gasteiger partial charge in [-0.15, -0.1) is 0 Å². The summed E-state index contributed by atoms with van der Waals surface area (Å²) < 4.78 is 48.8. The Morgan fingerprint density at radius 2 is 1.06 bits per heavy atom. The Hall–Kier alpha value is -3.47. The lowest BCUT2D eigenvalue weighted by atomic mass is 9.97. The molecular formula is C39H58N2O12. The normalized spacial score (nSPS) is 12.6. The number of fused-ring (bicyclic) bond motifs is 3. The summed E-state index contributed by atoms with van der Waals surface area (Å²) in [5.41, 5.74) is 4.51. The van der Waals surface area contributed by atoms with Crippen LogP contribution in [-0.2, 0) is 57.0 Å². The van der Waals surface area contributed by atoms with Gasteiger partial charge >= 0.3 is 5.97 Å². The third kappa shape index (κ3) is 17.9. The van der Waals surface area contributed by atoms with Crippen molar-refractivity contribution < 1.29 is 57.0 Å². The molecule has 1 aliphatic rings. The van der Waals surface area contributed by atoms with E-state index >= 15 is 0 Å². The molecule has 0 aliphatic heterocycles. The van der Waals surface area contributed by atoms with E-state index in [4.69, 9.17) is 42.6 Å². The van der Waals surface area contributed by atoms with Crippen molar-refractivity contribution in [1.82, 2.24) is 10.6 Å². The van der Waals surface area contributed by atoms with E-state index in [9.17, 15) is 14.4 Å². The molecule has 0 radical (unpaired) electrons. The van der Waals surface area contributed by atoms with Gasteiger partial charge in [0, 0.05) is 39.0 Å². The van der Waals surface area contributed by atoms with E-state index < -0.39 is 11.9 Å². The SMILES string of the molecule is CNC(=O)CC[C@H](CC(=O)OCC1c2ccccc2-c2ccccc21)C(=O)NCCOCCOCCOCCOCCOCCOCCOCCOC. The van der Waals surface area contributed by atoms with Gasteiger partial charge in [0.2, 0.25) is 11.8 Å². The van der Waals surface area contributed by atoms with E-state index in [1.54, 1.807) is 7.11 Å². The first-order chi connectivity index (χ1) is 26.0. The molecule has 0 unspecified atom stereocenters. The quantitative estimate of drug-likeness (QED) is 0.0835. The zero-order chi connectivity index (χ0) is 37.8. The maximum Gasteiger partial charge on any atom is 0.306 e. The van der Waals surface area contributed by atoms with Crippen LogP contribution in [0.5, 0.6) is 0 Å². The number of esters is 1. The van der Waals surface area contributed by atoms with Crippen molar-refractivity contribution in [2.24, 2.45) is 5.92 Å². The van der Waals surface area contributed by atoms with Crippen LogP contribution >= 0.6 is 0 Å². The molecule has 0 saturated carbocycles. The molecule has 0 aromatic heterocycles. The first-order valence-electron chi connectivity index (χ1n) is 18.4. The van der Waals surface area contributed by atoms with E-state index in [0.29, 0.717) is 92.5 Å². The molecule has 3 rings (SSSR count). The van der Waals surface area contributed by atoms with Gasteiger partial charge in [-0.25, -0.2) is 0 Å². The lowest BCUT2D eigenvalue weighted by Crippen LogP contribution is -2.35. The van der Waals surface area contributed by atoms with Crippen molar-refractivity contribution in [3.05, 3.63) is 59.7 Å². The van der Waals surface area contributed by atoms with Crippen LogP contribution in [0.1, 0.15) is 36.3 Å². The van der Waals surface area contributed by atoms with Crippen LogP contribution in [0, 0.1) is 5.92 Å². The van der Waals surface area contributed by atoms with Gasteiger partial charge in [0.1, 0.15) is 6.61 Å². The fourth-order valence-corrected chi connectivity index (χ4v) is 5.59. The van der Waals surface area contributed by atoms with Gasteiger partial charge in [-0.1, -0.05) is 48.5 Å². The molecule has 0 bridgehead atoms. The van der Waals surface area contributed by atoms with E-state index in [2.05, 4.69) is 34.9 Å². The van der Waals surface area contributed by atoms with Gasteiger partial charge in [-0.2, -0.15) is 0 Å². The molecule has 0 spiro atoms. The topological polar surface area (TPSA) is 158 Å². The second-order valence-corrected chi connectivity index (χ2v) is 12.1. The Bertz CT molecular complexity index is 1270. The first kappa shape index (κ1) is 43.9. The highest BCUT2D eigenvalue weighted by atomic mass is 16.6. The smallest absolute Gasteiger partial charge is 0.306 e. The number of hydrogen-bond acceptors (Lipinski definition) is 12. The summed E-state index contributed by atoms with van der Waals surface area (Å²) >= 11 is 0. The van der Waals surface area contributed by atoms with Crippen LogP contribution in [0.4, 0.5) is 0 Å². The molecule has 14 heteroatoms. The molecule has 296 valence electrons. The summed E-state index contributed by atoms with van der Waals surface area (Å²) in [5, 5.41) is 5.38. The minimum atomic E-state index is -0.710. The predicted octanol–water partition coefficient (Wildman–Crippen LogP) is 2.75. The highest BCUT2D eigenvalue weighted by Crippen LogP contribution is 2.44. The Balaban J connectivity index is 1.18. The Morgan fingerprint density at radius 1 is 0.623 bits per heavy atom. The number of amides is 2. The fourth-order valence-electron chi connectivity index (χ4n) is 5.59. The summed E-state index contributed by atoms with van der Waals surface area (Å²) in [4.78, 5) is 37.9. The second-order valence-electron chi connectivity index (χ2n) is 12.1. The molecule has 2 amide bonds. The van der Waals surface area contributed by atoms with E-state index in [-0.39, 0.29) is 56.8 Å². The van der Waals surface area contributed by atoms with Crippen LogP contribution < -0.4 is 10.6 Å². The summed E-state index contributed by atoms with van der Waals surface area (Å²) in [6, 6.07) is 16.2. The van der Waals surface area contributed by atoms with E-state index in [1.807, 2.05) is 24.3 Å². The predicted molar refractivity (Wildman–Crippen MR) is 197 cm³/mol. The van der Waals surface area contributed by atoms with E-state index in [1.165, 1.54) is 7.05 Å². The summed E-state index contributed by atoms with van der Waals surface area (Å²) in [6.45, 7) is 7.39. The van der Waals surface area contributed by atoms with Gasteiger partial charge in [-0.3, -0.25) is 14.4 Å². The minimum absolute atomic E-state index is 0.0745. The maximum atomic E-state index is 13.0. The van der Waals surface area contributed by atoms with Crippen molar-refractivity contribution in [3.63, 3.8) is 0 Å². The molecule has 1 aliphatic carbocycles. The zero-order valence-corrected chi connectivity index (χ0v) is 31.3. The number of methoxy groups -OCH3 is 1. The molecule has 53 heavy (non-hydrogen) atoms. The third-order valence-electron chi connectivity index (χ3n) is 8.37. The largest absolute Gasteiger partial charge is 0.465 e. The van der Waals surface area contributed by atoms with Crippen LogP contribution in [0.15, 0.2) is 48.5 Å². The number of carbonyl (C=O) groups is 3. The summed E-state index contributed by atoms with van der Waals surface area (Å²) in [6.07, 6.45) is 0.213. The third-order valence-corrected chi connectivity index (χ3v) is 8.37. The zero-order valence-electron chi connectivity index (χ0n) is 31.3. The number of hydrogen-bond donors (Lipinski definition) is 2. The molecule has 0 saturated heterocycles. The number of rotatable bonds is 32. The highest BCUT2D eigenvalue weighted by molar-refractivity contribution is 5.85. The molecule has 0 heterocycles. The molecule has 2 aromatic rings. The van der Waals surface area contributed by atoms with Gasteiger partial charge in [0.25, 0.3) is 0 Å². The van der Waals surface area contributed by atoms with Gasteiger partial charge < -0.3 is 53.3 Å². The van der Waals surface area contributed by atoms with Crippen molar-refractivity contribution in [2.45, 2.75) is 25.2 Å². The van der Waals surface area contributed by atoms with Crippen molar-refractivity contribution >= 4 is 17.8 Å². The Labute approximate surface area is 313 Å². The molecule has 14 nitrogen and oxygen atoms in total. The second kappa shape index (κ2) is 28.0. The van der Waals surface area contributed by atoms with Gasteiger partial charge in [-0.05, 0) is 28.7 Å². The lowest BCUT2D eigenvalue weighted by molar-refractivity contribution is -0.147. The number of nitrogens with one attached hydrogen (secondary N) is 2. The Morgan fingerprint density at radius 3 is 1.51 bits per heavy atom. The van der Waals surface area contributed by atoms with Crippen molar-refractivity contribution in [2.75, 3.05) is 126 Å². The average Bonchev–Trinajstić information content (AvgIpc) is 3.50. The van der Waals surface area contributed by atoms with Crippen LogP contribution in [0.25, 0.3) is 11.1 Å². The molecule has 2 N–H and O–H groups in total. The first-order valence-corrected chi connectivity index (χ1v) is 18.4. The summed E-state index contributed by atoms with van der Waals surface area (Å²) in [5.74, 6) is -1.79. The van der Waals surface area contributed by atoms with Gasteiger partial charge in [0.15, 0.2) is 0 Å². The number of benzene rings is 2. The van der Waals surface area contributed by atoms with E-state index in [0.717, 1.165) is 22.3 Å². The molecule has 2 aromatic carbocycles. The Kier molecular flexibility index (Phi) is 23.2. The van der Waals surface area contributed by atoms with Crippen molar-refractivity contribution in [3.8, 4) is 11.1 Å². The molecular weight excluding hydrogens is 688 g/mol. The van der Waals surface area contributed by atoms with Crippen molar-refractivity contribution in [1.29, 1.82) is 0 Å². The number of carbonyl (C=O) groups excluding carboxylic acids is 3. The number of ether oxygens (including phenoxy) is 9. The maximum absolute atomic E-state index is 13.0. The lowest BCUT2D eigenvalue weighted by Gasteiger charge is -2.18. The molecule has 1 atom stereocenters. The molecule has 0 fully saturated rings. The van der Waals surface area contributed by atoms with Crippen LogP contribution in [0.3, 0.4) is 0 Å². The fraction of sp³-hybridized carbons (Fsp3) is 0.615. The standard InChI is InChI=1S/C39H58N2O12/c1-40-37(42)12-11-31(29-38(43)53-30-36-34-9-5-3-7-32(34)33-8-4-6-10-35(33)36)39(44)41-13-14-46-17-18-48-21-22-50-25-26-52-28-27-51-24-23-49-20-19-47-16-15-45-2/h3-10,31,36H,11-30H2,1-2H3,(H,40,42)(H,41,44)/t31-/m1/s1. The average molecular weight is 747 g/mol.